The smallest absolute Gasteiger partial charge is 0.277 e. The highest BCUT2D eigenvalue weighted by Crippen LogP contribution is 2.28. The van der Waals surface area contributed by atoms with Crippen molar-refractivity contribution in [2.24, 2.45) is 10.8 Å². The summed E-state index contributed by atoms with van der Waals surface area (Å²) in [5, 5.41) is 12.7. The first-order valence-electron chi connectivity index (χ1n) is 9.25. The Hall–Kier alpha value is -3.28. The lowest BCUT2D eigenvalue weighted by atomic mass is 10.2. The van der Waals surface area contributed by atoms with Gasteiger partial charge >= 0.3 is 0 Å². The Morgan fingerprint density at radius 2 is 1.94 bits per heavy atom. The van der Waals surface area contributed by atoms with E-state index in [2.05, 4.69) is 20.7 Å². The summed E-state index contributed by atoms with van der Waals surface area (Å²) in [6.07, 6.45) is 1.46. The summed E-state index contributed by atoms with van der Waals surface area (Å²) in [5.74, 6) is 0.245. The van der Waals surface area contributed by atoms with E-state index in [0.29, 0.717) is 21.5 Å². The number of ether oxygens (including phenoxy) is 2. The average molecular weight is 510 g/mol. The van der Waals surface area contributed by atoms with Crippen LogP contribution in [0.25, 0.3) is 0 Å². The van der Waals surface area contributed by atoms with Gasteiger partial charge < -0.3 is 19.6 Å². The second-order valence-electron chi connectivity index (χ2n) is 6.23. The van der Waals surface area contributed by atoms with Gasteiger partial charge in [-0.2, -0.15) is 5.10 Å². The number of thioether (sulfide) groups is 1. The number of nitrogens with one attached hydrogen (secondary N) is 1. The number of carbonyl (C=O) groups excluding carboxylic acids is 2. The molecule has 2 aromatic carbocycles. The molecule has 0 bridgehead atoms. The second-order valence-corrected chi connectivity index (χ2v) is 8.00. The molecule has 33 heavy (non-hydrogen) atoms. The molecule has 3 aromatic rings. The van der Waals surface area contributed by atoms with E-state index in [4.69, 9.17) is 42.8 Å². The molecule has 2 amide bonds. The summed E-state index contributed by atoms with van der Waals surface area (Å²) < 4.78 is 16.1. The second kappa shape index (κ2) is 12.1. The number of rotatable bonds is 11. The summed E-state index contributed by atoms with van der Waals surface area (Å²) in [5.41, 5.74) is 8.13. The van der Waals surface area contributed by atoms with Crippen LogP contribution in [0.4, 0.5) is 0 Å². The van der Waals surface area contributed by atoms with Crippen molar-refractivity contribution in [3.8, 4) is 11.5 Å². The van der Waals surface area contributed by atoms with Crippen LogP contribution in [-0.2, 0) is 16.2 Å². The molecule has 0 aliphatic carbocycles. The van der Waals surface area contributed by atoms with Crippen molar-refractivity contribution in [3.63, 3.8) is 0 Å². The van der Waals surface area contributed by atoms with Crippen molar-refractivity contribution in [1.82, 2.24) is 15.6 Å². The fraction of sp³-hybridized carbons (Fsp3) is 0.150. The number of hydrazone groups is 1. The van der Waals surface area contributed by atoms with Crippen LogP contribution in [0.2, 0.25) is 10.0 Å². The molecule has 0 spiro atoms. The Morgan fingerprint density at radius 1 is 1.15 bits per heavy atom. The third kappa shape index (κ3) is 8.29. The lowest BCUT2D eigenvalue weighted by molar-refractivity contribution is -0.120. The summed E-state index contributed by atoms with van der Waals surface area (Å²) in [6, 6.07) is 11.6. The number of amides is 2. The monoisotopic (exact) mass is 509 g/mol. The Balaban J connectivity index is 1.39. The topological polar surface area (TPSA) is 142 Å². The Morgan fingerprint density at radius 3 is 2.67 bits per heavy atom. The highest BCUT2D eigenvalue weighted by molar-refractivity contribution is 7.99. The van der Waals surface area contributed by atoms with Gasteiger partial charge in [0.05, 0.1) is 17.0 Å². The molecule has 0 fully saturated rings. The molecular formula is C20H17Cl2N5O5S. The highest BCUT2D eigenvalue weighted by atomic mass is 35.5. The van der Waals surface area contributed by atoms with Gasteiger partial charge in [0, 0.05) is 5.02 Å². The van der Waals surface area contributed by atoms with Gasteiger partial charge in [-0.05, 0) is 48.0 Å². The first-order valence-corrected chi connectivity index (χ1v) is 11.0. The van der Waals surface area contributed by atoms with Crippen molar-refractivity contribution in [2.45, 2.75) is 11.8 Å². The zero-order chi connectivity index (χ0) is 23.6. The van der Waals surface area contributed by atoms with Crippen LogP contribution in [0.1, 0.15) is 11.5 Å². The lowest BCUT2D eigenvalue weighted by Gasteiger charge is -2.05. The quantitative estimate of drug-likeness (QED) is 0.228. The molecule has 0 atom stereocenters. The van der Waals surface area contributed by atoms with E-state index < -0.39 is 5.91 Å². The fourth-order valence-electron chi connectivity index (χ4n) is 2.23. The fourth-order valence-corrected chi connectivity index (χ4v) is 3.27. The van der Waals surface area contributed by atoms with Gasteiger partial charge in [0.15, 0.2) is 13.2 Å². The molecule has 1 aromatic heterocycles. The summed E-state index contributed by atoms with van der Waals surface area (Å²) in [6.45, 7) is -0.190. The van der Waals surface area contributed by atoms with Gasteiger partial charge in [-0.1, -0.05) is 35.0 Å². The minimum Gasteiger partial charge on any atom is -0.484 e. The highest BCUT2D eigenvalue weighted by Gasteiger charge is 2.11. The number of primary amides is 1. The number of hydrogen-bond acceptors (Lipinski definition) is 9. The molecule has 0 aliphatic heterocycles. The maximum absolute atomic E-state index is 11.9. The molecule has 10 nitrogen and oxygen atoms in total. The van der Waals surface area contributed by atoms with Gasteiger partial charge in [0.1, 0.15) is 11.5 Å². The van der Waals surface area contributed by atoms with E-state index in [1.807, 2.05) is 0 Å². The molecule has 3 N–H and O–H groups in total. The van der Waals surface area contributed by atoms with Crippen LogP contribution < -0.4 is 20.6 Å². The molecule has 0 unspecified atom stereocenters. The van der Waals surface area contributed by atoms with Crippen LogP contribution in [0.5, 0.6) is 11.5 Å². The number of nitrogens with zero attached hydrogens (tertiary/aromatic N) is 3. The average Bonchev–Trinajstić information content (AvgIpc) is 3.24. The Bertz CT molecular complexity index is 1140. The van der Waals surface area contributed by atoms with Crippen LogP contribution in [0.15, 0.2) is 57.2 Å². The number of aromatic nitrogens is 2. The molecule has 3 rings (SSSR count). The summed E-state index contributed by atoms with van der Waals surface area (Å²) >= 11 is 12.9. The van der Waals surface area contributed by atoms with E-state index in [9.17, 15) is 9.59 Å². The van der Waals surface area contributed by atoms with Crippen molar-refractivity contribution < 1.29 is 23.5 Å². The van der Waals surface area contributed by atoms with E-state index in [-0.39, 0.29) is 36.0 Å². The Kier molecular flexibility index (Phi) is 8.93. The van der Waals surface area contributed by atoms with Crippen molar-refractivity contribution in [3.05, 3.63) is 64.0 Å². The van der Waals surface area contributed by atoms with Crippen LogP contribution in [-0.4, -0.2) is 40.6 Å². The van der Waals surface area contributed by atoms with Crippen LogP contribution in [0, 0.1) is 0 Å². The van der Waals surface area contributed by atoms with Gasteiger partial charge in [-0.3, -0.25) is 9.59 Å². The molecule has 0 saturated carbocycles. The number of benzene rings is 2. The van der Waals surface area contributed by atoms with E-state index in [1.165, 1.54) is 6.21 Å². The van der Waals surface area contributed by atoms with E-state index >= 15 is 0 Å². The Labute approximate surface area is 202 Å². The predicted octanol–water partition coefficient (Wildman–Crippen LogP) is 3.06. The summed E-state index contributed by atoms with van der Waals surface area (Å²) in [7, 11) is 0. The minimum atomic E-state index is -0.561. The molecule has 1 heterocycles. The van der Waals surface area contributed by atoms with Crippen LogP contribution in [0.3, 0.4) is 0 Å². The normalized spacial score (nSPS) is 10.8. The molecule has 13 heteroatoms. The zero-order valence-corrected chi connectivity index (χ0v) is 19.2. The predicted molar refractivity (Wildman–Crippen MR) is 123 cm³/mol. The molecule has 172 valence electrons. The van der Waals surface area contributed by atoms with E-state index in [0.717, 1.165) is 17.3 Å². The molecule has 0 aliphatic rings. The van der Waals surface area contributed by atoms with Crippen molar-refractivity contribution in [2.75, 3.05) is 12.4 Å². The minimum absolute atomic E-state index is 0.0117. The zero-order valence-electron chi connectivity index (χ0n) is 16.9. The van der Waals surface area contributed by atoms with Gasteiger partial charge in [0.2, 0.25) is 0 Å². The maximum atomic E-state index is 11.9. The van der Waals surface area contributed by atoms with Gasteiger partial charge in [-0.15, -0.1) is 10.2 Å². The van der Waals surface area contributed by atoms with Gasteiger partial charge in [-0.25, -0.2) is 5.43 Å². The SMILES string of the molecule is NC(=O)COc1ccc(/C=N\NC(=O)CSc2nnc(COc3ccc(Cl)cc3Cl)o2)cc1. The van der Waals surface area contributed by atoms with Crippen molar-refractivity contribution in [1.29, 1.82) is 0 Å². The molecule has 0 radical (unpaired) electrons. The number of nitrogens with two attached hydrogens (primary N) is 1. The number of carbonyl (C=O) groups is 2. The third-order valence-electron chi connectivity index (χ3n) is 3.68. The first-order chi connectivity index (χ1) is 15.9. The summed E-state index contributed by atoms with van der Waals surface area (Å²) in [4.78, 5) is 22.6. The molecule has 0 saturated heterocycles. The largest absolute Gasteiger partial charge is 0.484 e. The van der Waals surface area contributed by atoms with Gasteiger partial charge in [0.25, 0.3) is 22.9 Å². The maximum Gasteiger partial charge on any atom is 0.277 e. The lowest BCUT2D eigenvalue weighted by Crippen LogP contribution is -2.20. The van der Waals surface area contributed by atoms with Crippen LogP contribution >= 0.6 is 35.0 Å². The standard InChI is InChI=1S/C20H17Cl2N5O5S/c21-13-3-6-16(15(22)7-13)31-10-19-26-27-20(32-19)33-11-18(29)25-24-8-12-1-4-14(5-2-12)30-9-17(23)28/h1-8H,9-11H2,(H2,23,28)(H,25,29)/b24-8-. The number of hydrogen-bond donors (Lipinski definition) is 2. The van der Waals surface area contributed by atoms with Crippen molar-refractivity contribution >= 4 is 53.0 Å². The number of halogens is 2. The third-order valence-corrected chi connectivity index (χ3v) is 5.03. The molecular weight excluding hydrogens is 493 g/mol. The van der Waals surface area contributed by atoms with E-state index in [1.54, 1.807) is 42.5 Å². The first kappa shape index (κ1) is 24.4.